The SMILES string of the molecule is CCNC(=NCc1ccccc1S(=O)(=O)NC(C)(C)C)NC1CCC(SC)C1.I. The van der Waals surface area contributed by atoms with E-state index in [1.165, 1.54) is 6.42 Å². The molecule has 1 aliphatic rings. The van der Waals surface area contributed by atoms with Gasteiger partial charge in [-0.2, -0.15) is 11.8 Å². The fraction of sp³-hybridized carbons (Fsp3) is 0.650. The number of halogens is 1. The molecule has 2 atom stereocenters. The minimum Gasteiger partial charge on any atom is -0.357 e. The maximum atomic E-state index is 12.8. The Morgan fingerprint density at radius 1 is 1.24 bits per heavy atom. The lowest BCUT2D eigenvalue weighted by Crippen LogP contribution is -2.42. The van der Waals surface area contributed by atoms with E-state index < -0.39 is 15.6 Å². The third kappa shape index (κ3) is 8.63. The molecule has 29 heavy (non-hydrogen) atoms. The van der Waals surface area contributed by atoms with Crippen LogP contribution in [0.25, 0.3) is 0 Å². The predicted octanol–water partition coefficient (Wildman–Crippen LogP) is 3.72. The lowest BCUT2D eigenvalue weighted by atomic mass is 10.1. The van der Waals surface area contributed by atoms with Gasteiger partial charge in [-0.15, -0.1) is 24.0 Å². The summed E-state index contributed by atoms with van der Waals surface area (Å²) in [4.78, 5) is 4.95. The average molecular weight is 555 g/mol. The van der Waals surface area contributed by atoms with Crippen molar-refractivity contribution in [2.75, 3.05) is 12.8 Å². The third-order valence-electron chi connectivity index (χ3n) is 4.51. The molecule has 9 heteroatoms. The number of aliphatic imine (C=N–C) groups is 1. The van der Waals surface area contributed by atoms with Crippen LogP contribution in [0, 0.1) is 0 Å². The molecular formula is C20H35IN4O2S2. The lowest BCUT2D eigenvalue weighted by Gasteiger charge is -2.21. The summed E-state index contributed by atoms with van der Waals surface area (Å²) in [6.07, 6.45) is 5.65. The quantitative estimate of drug-likeness (QED) is 0.272. The van der Waals surface area contributed by atoms with E-state index in [1.54, 1.807) is 12.1 Å². The van der Waals surface area contributed by atoms with Gasteiger partial charge in [0.25, 0.3) is 0 Å². The second kappa shape index (κ2) is 11.8. The highest BCUT2D eigenvalue weighted by Gasteiger charge is 2.25. The maximum Gasteiger partial charge on any atom is 0.241 e. The number of nitrogens with one attached hydrogen (secondary N) is 3. The van der Waals surface area contributed by atoms with Gasteiger partial charge in [-0.05, 0) is 64.8 Å². The van der Waals surface area contributed by atoms with Gasteiger partial charge < -0.3 is 10.6 Å². The van der Waals surface area contributed by atoms with E-state index in [-0.39, 0.29) is 28.9 Å². The van der Waals surface area contributed by atoms with Gasteiger partial charge in [0.15, 0.2) is 5.96 Å². The molecule has 6 nitrogen and oxygen atoms in total. The number of rotatable bonds is 7. The molecule has 0 heterocycles. The van der Waals surface area contributed by atoms with Gasteiger partial charge in [0.2, 0.25) is 10.0 Å². The van der Waals surface area contributed by atoms with Crippen LogP contribution >= 0.6 is 35.7 Å². The van der Waals surface area contributed by atoms with E-state index >= 15 is 0 Å². The van der Waals surface area contributed by atoms with E-state index in [0.29, 0.717) is 23.4 Å². The average Bonchev–Trinajstić information content (AvgIpc) is 3.06. The first-order valence-electron chi connectivity index (χ1n) is 9.84. The first-order valence-corrected chi connectivity index (χ1v) is 12.6. The van der Waals surface area contributed by atoms with Crippen molar-refractivity contribution in [2.24, 2.45) is 4.99 Å². The fourth-order valence-electron chi connectivity index (χ4n) is 3.32. The number of nitrogens with zero attached hydrogens (tertiary/aromatic N) is 1. The Kier molecular flexibility index (Phi) is 10.8. The Morgan fingerprint density at radius 3 is 2.52 bits per heavy atom. The van der Waals surface area contributed by atoms with Gasteiger partial charge in [-0.25, -0.2) is 18.1 Å². The molecule has 1 aliphatic carbocycles. The first-order chi connectivity index (χ1) is 13.1. The topological polar surface area (TPSA) is 82.6 Å². The highest BCUT2D eigenvalue weighted by molar-refractivity contribution is 14.0. The monoisotopic (exact) mass is 554 g/mol. The van der Waals surface area contributed by atoms with Crippen molar-refractivity contribution in [3.63, 3.8) is 0 Å². The van der Waals surface area contributed by atoms with E-state index in [2.05, 4.69) is 26.6 Å². The number of benzene rings is 1. The molecule has 0 bridgehead atoms. The van der Waals surface area contributed by atoms with Crippen molar-refractivity contribution in [3.05, 3.63) is 29.8 Å². The molecule has 2 rings (SSSR count). The Bertz CT molecular complexity index is 779. The zero-order valence-corrected chi connectivity index (χ0v) is 22.0. The van der Waals surface area contributed by atoms with Crippen molar-refractivity contribution >= 4 is 51.7 Å². The number of hydrogen-bond donors (Lipinski definition) is 3. The first kappa shape index (κ1) is 26.5. The lowest BCUT2D eigenvalue weighted by molar-refractivity contribution is 0.491. The van der Waals surface area contributed by atoms with Crippen LogP contribution in [0.4, 0.5) is 0 Å². The Balaban J connectivity index is 0.00000420. The second-order valence-corrected chi connectivity index (χ2v) is 11.0. The molecule has 0 spiro atoms. The summed E-state index contributed by atoms with van der Waals surface area (Å²) in [5.41, 5.74) is 0.145. The molecule has 0 amide bonds. The standard InChI is InChI=1S/C20H34N4O2S2.HI/c1-6-21-19(23-16-11-12-17(13-16)27-5)22-14-15-9-7-8-10-18(15)28(25,26)24-20(2,3)4;/h7-10,16-17,24H,6,11-14H2,1-5H3,(H2,21,22,23);1H. The van der Waals surface area contributed by atoms with Crippen molar-refractivity contribution in [1.29, 1.82) is 0 Å². The van der Waals surface area contributed by atoms with E-state index in [0.717, 1.165) is 25.3 Å². The van der Waals surface area contributed by atoms with Crippen molar-refractivity contribution in [2.45, 2.75) is 75.2 Å². The van der Waals surface area contributed by atoms with E-state index in [1.807, 2.05) is 51.6 Å². The highest BCUT2D eigenvalue weighted by Crippen LogP contribution is 2.28. The van der Waals surface area contributed by atoms with Crippen LogP contribution in [0.15, 0.2) is 34.2 Å². The van der Waals surface area contributed by atoms with Crippen LogP contribution in [0.2, 0.25) is 0 Å². The zero-order valence-electron chi connectivity index (χ0n) is 18.0. The van der Waals surface area contributed by atoms with Crippen LogP contribution in [0.3, 0.4) is 0 Å². The minimum absolute atomic E-state index is 0. The van der Waals surface area contributed by atoms with Crippen molar-refractivity contribution < 1.29 is 8.42 Å². The summed E-state index contributed by atoms with van der Waals surface area (Å²) in [7, 11) is -3.60. The fourth-order valence-corrected chi connectivity index (χ4v) is 5.77. The van der Waals surface area contributed by atoms with Crippen LogP contribution in [-0.2, 0) is 16.6 Å². The minimum atomic E-state index is -3.60. The molecular weight excluding hydrogens is 519 g/mol. The smallest absolute Gasteiger partial charge is 0.241 e. The molecule has 0 radical (unpaired) electrons. The van der Waals surface area contributed by atoms with Gasteiger partial charge in [0.05, 0.1) is 11.4 Å². The van der Waals surface area contributed by atoms with Gasteiger partial charge in [-0.1, -0.05) is 18.2 Å². The third-order valence-corrected chi connectivity index (χ3v) is 7.47. The van der Waals surface area contributed by atoms with Gasteiger partial charge in [0, 0.05) is 23.4 Å². The van der Waals surface area contributed by atoms with Crippen LogP contribution in [0.5, 0.6) is 0 Å². The Hall–Kier alpha value is -0.520. The summed E-state index contributed by atoms with van der Waals surface area (Å²) >= 11 is 1.92. The number of thioether (sulfide) groups is 1. The van der Waals surface area contributed by atoms with Gasteiger partial charge in [-0.3, -0.25) is 0 Å². The van der Waals surface area contributed by atoms with Crippen LogP contribution < -0.4 is 15.4 Å². The summed E-state index contributed by atoms with van der Waals surface area (Å²) in [6.45, 7) is 8.60. The molecule has 0 aliphatic heterocycles. The molecule has 1 aromatic carbocycles. The van der Waals surface area contributed by atoms with Gasteiger partial charge in [0.1, 0.15) is 0 Å². The number of hydrogen-bond acceptors (Lipinski definition) is 4. The zero-order chi connectivity index (χ0) is 20.8. The largest absolute Gasteiger partial charge is 0.357 e. The normalized spacial score (nSPS) is 20.2. The molecule has 1 aromatic rings. The van der Waals surface area contributed by atoms with Crippen LogP contribution in [-0.4, -0.2) is 44.0 Å². The van der Waals surface area contributed by atoms with Crippen molar-refractivity contribution in [1.82, 2.24) is 15.4 Å². The molecule has 1 saturated carbocycles. The maximum absolute atomic E-state index is 12.8. The number of guanidine groups is 1. The molecule has 1 fully saturated rings. The van der Waals surface area contributed by atoms with Crippen molar-refractivity contribution in [3.8, 4) is 0 Å². The molecule has 0 saturated heterocycles. The number of sulfonamides is 1. The summed E-state index contributed by atoms with van der Waals surface area (Å²) in [5, 5.41) is 7.49. The molecule has 0 aromatic heterocycles. The predicted molar refractivity (Wildman–Crippen MR) is 135 cm³/mol. The molecule has 2 unspecified atom stereocenters. The Morgan fingerprint density at radius 2 is 1.93 bits per heavy atom. The highest BCUT2D eigenvalue weighted by atomic mass is 127. The summed E-state index contributed by atoms with van der Waals surface area (Å²) in [5.74, 6) is 0.741. The Labute approximate surface area is 197 Å². The molecule has 166 valence electrons. The second-order valence-electron chi connectivity index (χ2n) is 8.17. The van der Waals surface area contributed by atoms with Gasteiger partial charge >= 0.3 is 0 Å². The molecule has 3 N–H and O–H groups in total. The summed E-state index contributed by atoms with van der Waals surface area (Å²) in [6, 6.07) is 7.47. The van der Waals surface area contributed by atoms with Crippen LogP contribution in [0.1, 0.15) is 52.5 Å². The van der Waals surface area contributed by atoms with E-state index in [9.17, 15) is 8.42 Å². The summed E-state index contributed by atoms with van der Waals surface area (Å²) < 4.78 is 28.3. The van der Waals surface area contributed by atoms with E-state index in [4.69, 9.17) is 0 Å².